The fourth-order valence-electron chi connectivity index (χ4n) is 0.704. The molecule has 0 atom stereocenters. The highest BCUT2D eigenvalue weighted by Crippen LogP contribution is 2.07. The van der Waals surface area contributed by atoms with Gasteiger partial charge in [0.2, 0.25) is 0 Å². The van der Waals surface area contributed by atoms with Crippen LogP contribution in [0.15, 0.2) is 36.9 Å². The minimum absolute atomic E-state index is 0.185. The van der Waals surface area contributed by atoms with Gasteiger partial charge in [0.15, 0.2) is 0 Å². The molecule has 0 saturated carbocycles. The van der Waals surface area contributed by atoms with E-state index in [4.69, 9.17) is 4.80 Å². The molecule has 0 spiro atoms. The molecule has 0 aliphatic heterocycles. The maximum absolute atomic E-state index is 8.72. The maximum atomic E-state index is 8.72. The second-order valence-corrected chi connectivity index (χ2v) is 2.78. The molecule has 1 rings (SSSR count). The van der Waals surface area contributed by atoms with Crippen LogP contribution < -0.4 is 0 Å². The fourth-order valence-corrected chi connectivity index (χ4v) is 1.000. The Labute approximate surface area is 63.0 Å². The lowest BCUT2D eigenvalue weighted by Crippen LogP contribution is -1.91. The first kappa shape index (κ1) is 7.25. The molecule has 1 N–H and O–H groups in total. The van der Waals surface area contributed by atoms with Crippen LogP contribution in [0.5, 0.6) is 0 Å². The standard InChI is InChI=1S/C8H8OSi/c1-7(10-9)8-5-3-2-4-6-8/h2-6,9H,1H2. The van der Waals surface area contributed by atoms with Crippen LogP contribution in [-0.2, 0) is 0 Å². The summed E-state index contributed by atoms with van der Waals surface area (Å²) >= 11 is 0. The zero-order valence-electron chi connectivity index (χ0n) is 5.54. The van der Waals surface area contributed by atoms with E-state index in [-0.39, 0.29) is 9.76 Å². The summed E-state index contributed by atoms with van der Waals surface area (Å²) in [7, 11) is -0.185. The summed E-state index contributed by atoms with van der Waals surface area (Å²) in [6.45, 7) is 3.71. The summed E-state index contributed by atoms with van der Waals surface area (Å²) in [5, 5.41) is 0.792. The van der Waals surface area contributed by atoms with E-state index >= 15 is 0 Å². The molecule has 50 valence electrons. The average molecular weight is 148 g/mol. The van der Waals surface area contributed by atoms with E-state index in [1.54, 1.807) is 0 Å². The van der Waals surface area contributed by atoms with Gasteiger partial charge >= 0.3 is 0 Å². The minimum Gasteiger partial charge on any atom is -0.428 e. The first-order chi connectivity index (χ1) is 4.84. The molecule has 0 heterocycles. The Morgan fingerprint density at radius 3 is 2.40 bits per heavy atom. The molecule has 1 nitrogen and oxygen atoms in total. The Hall–Kier alpha value is -0.863. The van der Waals surface area contributed by atoms with Crippen LogP contribution in [-0.4, -0.2) is 14.6 Å². The van der Waals surface area contributed by atoms with Gasteiger partial charge in [-0.1, -0.05) is 36.9 Å². The Bertz CT molecular complexity index is 218. The molecular formula is C8H8OSi. The molecule has 0 unspecified atom stereocenters. The molecule has 0 bridgehead atoms. The van der Waals surface area contributed by atoms with Gasteiger partial charge in [0.1, 0.15) is 0 Å². The van der Waals surface area contributed by atoms with Gasteiger partial charge in [0, 0.05) is 0 Å². The molecule has 10 heavy (non-hydrogen) atoms. The second-order valence-electron chi connectivity index (χ2n) is 1.96. The third-order valence-electron chi connectivity index (χ3n) is 1.26. The third-order valence-corrected chi connectivity index (χ3v) is 1.82. The van der Waals surface area contributed by atoms with Crippen LogP contribution in [0.2, 0.25) is 0 Å². The first-order valence-corrected chi connectivity index (χ1v) is 3.94. The van der Waals surface area contributed by atoms with Gasteiger partial charge in [-0.3, -0.25) is 0 Å². The summed E-state index contributed by atoms with van der Waals surface area (Å²) in [5.74, 6) is 0. The lowest BCUT2D eigenvalue weighted by Gasteiger charge is -1.97. The molecule has 0 aliphatic carbocycles. The number of hydrogen-bond acceptors (Lipinski definition) is 1. The third kappa shape index (κ3) is 1.56. The molecule has 2 radical (unpaired) electrons. The predicted octanol–water partition coefficient (Wildman–Crippen LogP) is 1.27. The molecule has 0 fully saturated rings. The highest BCUT2D eigenvalue weighted by Gasteiger charge is 1.95. The van der Waals surface area contributed by atoms with E-state index in [1.807, 2.05) is 30.3 Å². The molecular weight excluding hydrogens is 140 g/mol. The summed E-state index contributed by atoms with van der Waals surface area (Å²) < 4.78 is 0. The van der Waals surface area contributed by atoms with Crippen LogP contribution in [0.25, 0.3) is 5.20 Å². The van der Waals surface area contributed by atoms with Crippen LogP contribution in [0.3, 0.4) is 0 Å². The van der Waals surface area contributed by atoms with Crippen molar-refractivity contribution in [2.45, 2.75) is 0 Å². The lowest BCUT2D eigenvalue weighted by atomic mass is 10.2. The van der Waals surface area contributed by atoms with Gasteiger partial charge in [-0.15, -0.1) is 0 Å². The monoisotopic (exact) mass is 148 g/mol. The van der Waals surface area contributed by atoms with E-state index in [2.05, 4.69) is 6.58 Å². The topological polar surface area (TPSA) is 20.2 Å². The van der Waals surface area contributed by atoms with Gasteiger partial charge in [0.25, 0.3) is 9.76 Å². The van der Waals surface area contributed by atoms with Crippen molar-refractivity contribution in [3.05, 3.63) is 42.5 Å². The molecule has 0 saturated heterocycles. The zero-order chi connectivity index (χ0) is 7.40. The van der Waals surface area contributed by atoms with Crippen molar-refractivity contribution in [2.24, 2.45) is 0 Å². The van der Waals surface area contributed by atoms with Gasteiger partial charge in [-0.05, 0) is 10.8 Å². The molecule has 0 amide bonds. The Morgan fingerprint density at radius 1 is 1.30 bits per heavy atom. The summed E-state index contributed by atoms with van der Waals surface area (Å²) in [4.78, 5) is 8.72. The van der Waals surface area contributed by atoms with Crippen LogP contribution in [0.1, 0.15) is 5.56 Å². The molecule has 1 aromatic rings. The van der Waals surface area contributed by atoms with Crippen molar-refractivity contribution in [3.8, 4) is 0 Å². The average Bonchev–Trinajstić information content (AvgIpc) is 2.05. The predicted molar refractivity (Wildman–Crippen MR) is 43.4 cm³/mol. The van der Waals surface area contributed by atoms with Crippen molar-refractivity contribution in [1.29, 1.82) is 0 Å². The lowest BCUT2D eigenvalue weighted by molar-refractivity contribution is 0.616. The number of benzene rings is 1. The molecule has 0 aliphatic rings. The molecule has 1 aromatic carbocycles. The minimum atomic E-state index is -0.185. The van der Waals surface area contributed by atoms with E-state index in [0.29, 0.717) is 0 Å². The highest BCUT2D eigenvalue weighted by molar-refractivity contribution is 6.53. The van der Waals surface area contributed by atoms with Crippen LogP contribution >= 0.6 is 0 Å². The molecule has 2 heteroatoms. The van der Waals surface area contributed by atoms with Crippen molar-refractivity contribution in [1.82, 2.24) is 0 Å². The number of hydrogen-bond donors (Lipinski definition) is 1. The Kier molecular flexibility index (Phi) is 2.42. The SMILES string of the molecule is C=C([Si]O)c1ccccc1. The normalized spacial score (nSPS) is 9.30. The summed E-state index contributed by atoms with van der Waals surface area (Å²) in [6, 6.07) is 9.68. The van der Waals surface area contributed by atoms with Gasteiger partial charge < -0.3 is 4.80 Å². The van der Waals surface area contributed by atoms with Crippen molar-refractivity contribution >= 4 is 15.0 Å². The van der Waals surface area contributed by atoms with Crippen molar-refractivity contribution in [2.75, 3.05) is 0 Å². The van der Waals surface area contributed by atoms with Crippen molar-refractivity contribution < 1.29 is 4.80 Å². The van der Waals surface area contributed by atoms with Gasteiger partial charge in [0.05, 0.1) is 0 Å². The van der Waals surface area contributed by atoms with Gasteiger partial charge in [-0.25, -0.2) is 0 Å². The van der Waals surface area contributed by atoms with Crippen LogP contribution in [0, 0.1) is 0 Å². The zero-order valence-corrected chi connectivity index (χ0v) is 6.54. The van der Waals surface area contributed by atoms with Crippen LogP contribution in [0.4, 0.5) is 0 Å². The molecule has 0 aromatic heterocycles. The first-order valence-electron chi connectivity index (χ1n) is 2.99. The maximum Gasteiger partial charge on any atom is 0.265 e. The Morgan fingerprint density at radius 2 is 1.90 bits per heavy atom. The van der Waals surface area contributed by atoms with E-state index < -0.39 is 0 Å². The van der Waals surface area contributed by atoms with E-state index in [9.17, 15) is 0 Å². The smallest absolute Gasteiger partial charge is 0.265 e. The Balaban J connectivity index is 2.85. The number of rotatable bonds is 2. The van der Waals surface area contributed by atoms with Gasteiger partial charge in [-0.2, -0.15) is 0 Å². The second kappa shape index (κ2) is 3.34. The summed E-state index contributed by atoms with van der Waals surface area (Å²) in [5.41, 5.74) is 1.02. The van der Waals surface area contributed by atoms with Crippen molar-refractivity contribution in [3.63, 3.8) is 0 Å². The van der Waals surface area contributed by atoms with E-state index in [0.717, 1.165) is 10.8 Å². The quantitative estimate of drug-likeness (QED) is 0.626. The van der Waals surface area contributed by atoms with E-state index in [1.165, 1.54) is 0 Å². The fraction of sp³-hybridized carbons (Fsp3) is 0. The summed E-state index contributed by atoms with van der Waals surface area (Å²) in [6.07, 6.45) is 0. The largest absolute Gasteiger partial charge is 0.428 e. The highest BCUT2D eigenvalue weighted by atomic mass is 28.2.